The predicted octanol–water partition coefficient (Wildman–Crippen LogP) is 2.91. The number of aromatic hydroxyl groups is 1. The molecule has 1 atom stereocenters. The molecule has 182 valence electrons. The van der Waals surface area contributed by atoms with Crippen molar-refractivity contribution in [2.24, 2.45) is 4.99 Å². The second-order valence-electron chi connectivity index (χ2n) is 7.71. The number of fused-ring (bicyclic) bond motifs is 1. The van der Waals surface area contributed by atoms with Crippen LogP contribution in [-0.4, -0.2) is 36.0 Å². The van der Waals surface area contributed by atoms with E-state index in [9.17, 15) is 14.7 Å². The van der Waals surface area contributed by atoms with Crippen LogP contribution in [0.1, 0.15) is 37.9 Å². The van der Waals surface area contributed by atoms with Crippen LogP contribution in [0.15, 0.2) is 63.5 Å². The van der Waals surface area contributed by atoms with Crippen LogP contribution in [0.2, 0.25) is 0 Å². The van der Waals surface area contributed by atoms with Crippen molar-refractivity contribution in [2.45, 2.75) is 26.8 Å². The van der Waals surface area contributed by atoms with Crippen molar-refractivity contribution in [3.8, 4) is 17.2 Å². The van der Waals surface area contributed by atoms with Gasteiger partial charge in [-0.15, -0.1) is 0 Å². The second kappa shape index (κ2) is 10.2. The summed E-state index contributed by atoms with van der Waals surface area (Å²) >= 11 is 1.21. The van der Waals surface area contributed by atoms with E-state index < -0.39 is 12.0 Å². The van der Waals surface area contributed by atoms with Gasteiger partial charge in [-0.05, 0) is 50.6 Å². The molecule has 1 aliphatic heterocycles. The summed E-state index contributed by atoms with van der Waals surface area (Å²) in [6.07, 6.45) is 1.69. The van der Waals surface area contributed by atoms with Crippen molar-refractivity contribution >= 4 is 23.4 Å². The van der Waals surface area contributed by atoms with Gasteiger partial charge in [-0.1, -0.05) is 35.6 Å². The molecular weight excluding hydrogens is 468 g/mol. The number of carbonyl (C=O) groups is 1. The summed E-state index contributed by atoms with van der Waals surface area (Å²) in [6.45, 7) is 5.85. The lowest BCUT2D eigenvalue weighted by atomic mass is 9.94. The summed E-state index contributed by atoms with van der Waals surface area (Å²) in [4.78, 5) is 31.9. The van der Waals surface area contributed by atoms with E-state index in [0.717, 1.165) is 0 Å². The number of nitrogens with zero attached hydrogens (tertiary/aromatic N) is 2. The second-order valence-corrected chi connectivity index (χ2v) is 8.72. The molecule has 3 aromatic rings. The van der Waals surface area contributed by atoms with Gasteiger partial charge in [0.2, 0.25) is 0 Å². The number of esters is 1. The Hall–Kier alpha value is -3.85. The molecule has 0 spiro atoms. The van der Waals surface area contributed by atoms with Gasteiger partial charge >= 0.3 is 5.97 Å². The largest absolute Gasteiger partial charge is 0.508 e. The molecule has 1 aromatic heterocycles. The van der Waals surface area contributed by atoms with Gasteiger partial charge in [0.15, 0.2) is 16.3 Å². The highest BCUT2D eigenvalue weighted by molar-refractivity contribution is 7.07. The number of thiazole rings is 1. The van der Waals surface area contributed by atoms with Crippen LogP contribution >= 0.6 is 11.3 Å². The van der Waals surface area contributed by atoms with Crippen LogP contribution in [0.5, 0.6) is 17.2 Å². The summed E-state index contributed by atoms with van der Waals surface area (Å²) in [5.41, 5.74) is 1.67. The van der Waals surface area contributed by atoms with Gasteiger partial charge in [0.25, 0.3) is 5.56 Å². The SMILES string of the molecule is CCOC(=O)C1=C(C)N=c2s/c(=C/c3cccc(O)c3)c(=O)n2[C@H]1c1cccc(OC)c1OCC. The third kappa shape index (κ3) is 4.59. The summed E-state index contributed by atoms with van der Waals surface area (Å²) < 4.78 is 18.7. The van der Waals surface area contributed by atoms with E-state index in [0.29, 0.717) is 44.3 Å². The summed E-state index contributed by atoms with van der Waals surface area (Å²) in [7, 11) is 1.54. The summed E-state index contributed by atoms with van der Waals surface area (Å²) in [6, 6.07) is 11.2. The van der Waals surface area contributed by atoms with Gasteiger partial charge in [-0.25, -0.2) is 9.79 Å². The number of benzene rings is 2. The minimum absolute atomic E-state index is 0.0996. The molecule has 35 heavy (non-hydrogen) atoms. The third-order valence-corrected chi connectivity index (χ3v) is 6.48. The van der Waals surface area contributed by atoms with Gasteiger partial charge in [0, 0.05) is 5.56 Å². The Kier molecular flexibility index (Phi) is 7.07. The van der Waals surface area contributed by atoms with Gasteiger partial charge < -0.3 is 19.3 Å². The Bertz CT molecular complexity index is 1480. The minimum atomic E-state index is -0.826. The van der Waals surface area contributed by atoms with Crippen molar-refractivity contribution < 1.29 is 24.1 Å². The zero-order chi connectivity index (χ0) is 25.1. The number of carbonyl (C=O) groups excluding carboxylic acids is 1. The molecule has 2 aromatic carbocycles. The fraction of sp³-hybridized carbons (Fsp3) is 0.269. The van der Waals surface area contributed by atoms with Crippen molar-refractivity contribution in [1.29, 1.82) is 0 Å². The van der Waals surface area contributed by atoms with E-state index in [2.05, 4.69) is 4.99 Å². The molecule has 0 amide bonds. The number of ether oxygens (including phenoxy) is 3. The van der Waals surface area contributed by atoms with Gasteiger partial charge in [0.05, 0.1) is 36.1 Å². The topological polar surface area (TPSA) is 99.4 Å². The number of phenols is 1. The number of hydrogen-bond acceptors (Lipinski definition) is 8. The van der Waals surface area contributed by atoms with Gasteiger partial charge in [-0.3, -0.25) is 9.36 Å². The monoisotopic (exact) mass is 494 g/mol. The first-order valence-electron chi connectivity index (χ1n) is 11.2. The number of aromatic nitrogens is 1. The quantitative estimate of drug-likeness (QED) is 0.507. The molecule has 1 N–H and O–H groups in total. The van der Waals surface area contributed by atoms with Crippen LogP contribution in [0, 0.1) is 0 Å². The number of allylic oxidation sites excluding steroid dienone is 1. The number of phenolic OH excluding ortho intramolecular Hbond substituents is 1. The van der Waals surface area contributed by atoms with E-state index in [1.165, 1.54) is 23.0 Å². The average Bonchev–Trinajstić information content (AvgIpc) is 3.13. The number of rotatable bonds is 7. The normalized spacial score (nSPS) is 15.4. The maximum absolute atomic E-state index is 13.7. The fourth-order valence-electron chi connectivity index (χ4n) is 4.06. The highest BCUT2D eigenvalue weighted by atomic mass is 32.1. The standard InChI is InChI=1S/C26H26N2O6S/c1-5-33-23-18(11-8-12-19(23)32-4)22-21(25(31)34-6-2)15(3)27-26-28(22)24(30)20(35-26)14-16-9-7-10-17(29)13-16/h7-14,22,29H,5-6H2,1-4H3/b20-14+/t22-/m0/s1. The lowest BCUT2D eigenvalue weighted by Crippen LogP contribution is -2.40. The van der Waals surface area contributed by atoms with E-state index in [4.69, 9.17) is 14.2 Å². The first-order chi connectivity index (χ1) is 16.9. The van der Waals surface area contributed by atoms with E-state index in [-0.39, 0.29) is 23.5 Å². The Balaban J connectivity index is 2.02. The lowest BCUT2D eigenvalue weighted by molar-refractivity contribution is -0.139. The van der Waals surface area contributed by atoms with Crippen LogP contribution < -0.4 is 24.4 Å². The molecule has 1 aliphatic rings. The molecule has 0 bridgehead atoms. The molecule has 0 radical (unpaired) electrons. The van der Waals surface area contributed by atoms with Crippen LogP contribution in [-0.2, 0) is 9.53 Å². The van der Waals surface area contributed by atoms with Gasteiger partial charge in [0.1, 0.15) is 11.8 Å². The molecule has 0 unspecified atom stereocenters. The molecule has 8 nitrogen and oxygen atoms in total. The Morgan fingerprint density at radius 3 is 2.66 bits per heavy atom. The van der Waals surface area contributed by atoms with Crippen molar-refractivity contribution in [2.75, 3.05) is 20.3 Å². The van der Waals surface area contributed by atoms with Crippen LogP contribution in [0.25, 0.3) is 6.08 Å². The molecule has 0 fully saturated rings. The minimum Gasteiger partial charge on any atom is -0.508 e. The molecule has 0 aliphatic carbocycles. The number of hydrogen-bond donors (Lipinski definition) is 1. The highest BCUT2D eigenvalue weighted by Crippen LogP contribution is 2.40. The van der Waals surface area contributed by atoms with Crippen molar-refractivity contribution in [3.05, 3.63) is 84.5 Å². The van der Waals surface area contributed by atoms with Crippen molar-refractivity contribution in [3.63, 3.8) is 0 Å². The first-order valence-corrected chi connectivity index (χ1v) is 12.0. The smallest absolute Gasteiger partial charge is 0.338 e. The molecule has 0 saturated heterocycles. The Morgan fingerprint density at radius 2 is 1.97 bits per heavy atom. The fourth-order valence-corrected chi connectivity index (χ4v) is 5.11. The molecule has 2 heterocycles. The third-order valence-electron chi connectivity index (χ3n) is 5.50. The van der Waals surface area contributed by atoms with Crippen LogP contribution in [0.3, 0.4) is 0 Å². The number of para-hydroxylation sites is 1. The zero-order valence-electron chi connectivity index (χ0n) is 19.9. The maximum Gasteiger partial charge on any atom is 0.338 e. The lowest BCUT2D eigenvalue weighted by Gasteiger charge is -2.26. The highest BCUT2D eigenvalue weighted by Gasteiger charge is 2.35. The zero-order valence-corrected chi connectivity index (χ0v) is 20.7. The van der Waals surface area contributed by atoms with Crippen molar-refractivity contribution in [1.82, 2.24) is 4.57 Å². The summed E-state index contributed by atoms with van der Waals surface area (Å²) in [5, 5.41) is 9.82. The molecule has 4 rings (SSSR count). The number of methoxy groups -OCH3 is 1. The average molecular weight is 495 g/mol. The maximum atomic E-state index is 13.7. The van der Waals surface area contributed by atoms with E-state index in [1.54, 1.807) is 56.3 Å². The summed E-state index contributed by atoms with van der Waals surface area (Å²) in [5.74, 6) is 0.486. The van der Waals surface area contributed by atoms with E-state index in [1.807, 2.05) is 13.0 Å². The predicted molar refractivity (Wildman–Crippen MR) is 133 cm³/mol. The Labute approximate surface area is 206 Å². The molecule has 9 heteroatoms. The first kappa shape index (κ1) is 24.3. The Morgan fingerprint density at radius 1 is 1.20 bits per heavy atom. The molecular formula is C26H26N2O6S. The molecule has 0 saturated carbocycles. The van der Waals surface area contributed by atoms with E-state index >= 15 is 0 Å². The van der Waals surface area contributed by atoms with Crippen LogP contribution in [0.4, 0.5) is 0 Å². The van der Waals surface area contributed by atoms with Gasteiger partial charge in [-0.2, -0.15) is 0 Å².